The van der Waals surface area contributed by atoms with Crippen LogP contribution in [-0.4, -0.2) is 27.7 Å². The number of hydrogen-bond acceptors (Lipinski definition) is 4. The number of nitrogens with one attached hydrogen (secondary N) is 2. The summed E-state index contributed by atoms with van der Waals surface area (Å²) in [5.74, 6) is 0.776. The predicted octanol–water partition coefficient (Wildman–Crippen LogP) is 4.08. The molecule has 0 unspecified atom stereocenters. The SMILES string of the molecule is COc1ccc(C2(C(=O)Nc3cccc(-c4ccc(CNS(C)(=O)=O)cc4)c3)CC2)cc1. The van der Waals surface area contributed by atoms with Crippen molar-refractivity contribution < 1.29 is 17.9 Å². The Morgan fingerprint density at radius 3 is 2.25 bits per heavy atom. The minimum atomic E-state index is -3.23. The van der Waals surface area contributed by atoms with E-state index in [2.05, 4.69) is 10.0 Å². The average Bonchev–Trinajstić information content (AvgIpc) is 3.60. The van der Waals surface area contributed by atoms with Gasteiger partial charge in [0.1, 0.15) is 5.75 Å². The van der Waals surface area contributed by atoms with Crippen LogP contribution in [0.4, 0.5) is 5.69 Å². The van der Waals surface area contributed by atoms with E-state index in [0.717, 1.165) is 52.8 Å². The van der Waals surface area contributed by atoms with Gasteiger partial charge in [-0.25, -0.2) is 13.1 Å². The molecule has 32 heavy (non-hydrogen) atoms. The van der Waals surface area contributed by atoms with Gasteiger partial charge in [0.05, 0.1) is 18.8 Å². The highest BCUT2D eigenvalue weighted by atomic mass is 32.2. The first-order chi connectivity index (χ1) is 15.3. The fourth-order valence-corrected chi connectivity index (χ4v) is 4.17. The van der Waals surface area contributed by atoms with Gasteiger partial charge in [0, 0.05) is 12.2 Å². The summed E-state index contributed by atoms with van der Waals surface area (Å²) in [5, 5.41) is 3.08. The summed E-state index contributed by atoms with van der Waals surface area (Å²) >= 11 is 0. The van der Waals surface area contributed by atoms with Crippen LogP contribution in [0.15, 0.2) is 72.8 Å². The van der Waals surface area contributed by atoms with Gasteiger partial charge >= 0.3 is 0 Å². The normalized spacial score (nSPS) is 14.6. The molecular formula is C25H26N2O4S. The Bertz CT molecular complexity index is 1220. The van der Waals surface area contributed by atoms with Crippen molar-refractivity contribution in [1.82, 2.24) is 4.72 Å². The second-order valence-corrected chi connectivity index (χ2v) is 9.97. The predicted molar refractivity (Wildman–Crippen MR) is 126 cm³/mol. The van der Waals surface area contributed by atoms with Gasteiger partial charge in [0.25, 0.3) is 0 Å². The Labute approximate surface area is 188 Å². The Kier molecular flexibility index (Phi) is 6.04. The van der Waals surface area contributed by atoms with Gasteiger partial charge in [-0.05, 0) is 59.4 Å². The molecule has 1 aliphatic rings. The van der Waals surface area contributed by atoms with Crippen LogP contribution in [0.3, 0.4) is 0 Å². The summed E-state index contributed by atoms with van der Waals surface area (Å²) in [6.45, 7) is 0.253. The van der Waals surface area contributed by atoms with Crippen LogP contribution in [0.25, 0.3) is 11.1 Å². The molecule has 4 rings (SSSR count). The van der Waals surface area contributed by atoms with Crippen LogP contribution >= 0.6 is 0 Å². The number of hydrogen-bond donors (Lipinski definition) is 2. The van der Waals surface area contributed by atoms with Gasteiger partial charge in [-0.15, -0.1) is 0 Å². The van der Waals surface area contributed by atoms with Crippen molar-refractivity contribution in [2.75, 3.05) is 18.7 Å². The molecular weight excluding hydrogens is 424 g/mol. The molecule has 0 saturated heterocycles. The average molecular weight is 451 g/mol. The summed E-state index contributed by atoms with van der Waals surface area (Å²) in [4.78, 5) is 13.1. The van der Waals surface area contributed by atoms with E-state index in [1.54, 1.807) is 7.11 Å². The van der Waals surface area contributed by atoms with E-state index in [4.69, 9.17) is 4.74 Å². The van der Waals surface area contributed by atoms with Crippen molar-refractivity contribution in [2.45, 2.75) is 24.8 Å². The zero-order chi connectivity index (χ0) is 22.8. The number of methoxy groups -OCH3 is 1. The molecule has 6 nitrogen and oxygen atoms in total. The van der Waals surface area contributed by atoms with Gasteiger partial charge in [-0.1, -0.05) is 48.5 Å². The van der Waals surface area contributed by atoms with E-state index < -0.39 is 15.4 Å². The highest BCUT2D eigenvalue weighted by Gasteiger charge is 2.51. The minimum Gasteiger partial charge on any atom is -0.497 e. The van der Waals surface area contributed by atoms with E-state index in [-0.39, 0.29) is 12.5 Å². The maximum Gasteiger partial charge on any atom is 0.235 e. The molecule has 0 radical (unpaired) electrons. The highest BCUT2D eigenvalue weighted by molar-refractivity contribution is 7.88. The molecule has 0 bridgehead atoms. The number of anilines is 1. The standard InChI is InChI=1S/C25H26N2O4S/c1-31-23-12-10-21(11-13-23)25(14-15-25)24(28)27-22-5-3-4-20(16-22)19-8-6-18(7-9-19)17-26-32(2,29)30/h3-13,16,26H,14-15,17H2,1-2H3,(H,27,28). The maximum atomic E-state index is 13.1. The van der Waals surface area contributed by atoms with Crippen molar-refractivity contribution >= 4 is 21.6 Å². The quantitative estimate of drug-likeness (QED) is 0.542. The minimum absolute atomic E-state index is 0.00186. The van der Waals surface area contributed by atoms with Crippen LogP contribution in [0.1, 0.15) is 24.0 Å². The number of sulfonamides is 1. The van der Waals surface area contributed by atoms with Crippen molar-refractivity contribution in [1.29, 1.82) is 0 Å². The first-order valence-electron chi connectivity index (χ1n) is 10.4. The molecule has 1 aliphatic carbocycles. The van der Waals surface area contributed by atoms with E-state index in [1.807, 2.05) is 72.8 Å². The smallest absolute Gasteiger partial charge is 0.235 e. The van der Waals surface area contributed by atoms with Crippen LogP contribution < -0.4 is 14.8 Å². The lowest BCUT2D eigenvalue weighted by atomic mass is 9.94. The monoisotopic (exact) mass is 450 g/mol. The van der Waals surface area contributed by atoms with Gasteiger partial charge in [-0.3, -0.25) is 4.79 Å². The Balaban J connectivity index is 1.46. The van der Waals surface area contributed by atoms with Crippen LogP contribution in [-0.2, 0) is 26.8 Å². The van der Waals surface area contributed by atoms with Crippen LogP contribution in [0, 0.1) is 0 Å². The second kappa shape index (κ2) is 8.76. The summed E-state index contributed by atoms with van der Waals surface area (Å²) in [7, 11) is -1.60. The van der Waals surface area contributed by atoms with Gasteiger partial charge in [0.15, 0.2) is 0 Å². The molecule has 3 aromatic carbocycles. The van der Waals surface area contributed by atoms with E-state index in [9.17, 15) is 13.2 Å². The van der Waals surface area contributed by atoms with Gasteiger partial charge < -0.3 is 10.1 Å². The molecule has 1 amide bonds. The first-order valence-corrected chi connectivity index (χ1v) is 12.3. The molecule has 1 fully saturated rings. The molecule has 0 aromatic heterocycles. The van der Waals surface area contributed by atoms with E-state index >= 15 is 0 Å². The van der Waals surface area contributed by atoms with Crippen molar-refractivity contribution in [3.8, 4) is 16.9 Å². The lowest BCUT2D eigenvalue weighted by molar-refractivity contribution is -0.118. The topological polar surface area (TPSA) is 84.5 Å². The molecule has 7 heteroatoms. The first kappa shape index (κ1) is 22.0. The van der Waals surface area contributed by atoms with E-state index in [0.29, 0.717) is 0 Å². The third-order valence-corrected chi connectivity index (χ3v) is 6.44. The summed E-state index contributed by atoms with van der Waals surface area (Å²) in [6, 6.07) is 23.1. The zero-order valence-electron chi connectivity index (χ0n) is 18.1. The molecule has 0 spiro atoms. The Hall–Kier alpha value is -3.16. The lowest BCUT2D eigenvalue weighted by Crippen LogP contribution is -2.27. The molecule has 3 aromatic rings. The largest absolute Gasteiger partial charge is 0.497 e. The van der Waals surface area contributed by atoms with E-state index in [1.165, 1.54) is 0 Å². The molecule has 0 atom stereocenters. The molecule has 0 aliphatic heterocycles. The number of carbonyl (C=O) groups is 1. The Morgan fingerprint density at radius 2 is 1.66 bits per heavy atom. The summed E-state index contributed by atoms with van der Waals surface area (Å²) in [6.07, 6.45) is 2.79. The lowest BCUT2D eigenvalue weighted by Gasteiger charge is -2.17. The maximum absolute atomic E-state index is 13.1. The number of benzene rings is 3. The van der Waals surface area contributed by atoms with Crippen LogP contribution in [0.5, 0.6) is 5.75 Å². The number of carbonyl (C=O) groups excluding carboxylic acids is 1. The van der Waals surface area contributed by atoms with Crippen molar-refractivity contribution in [3.63, 3.8) is 0 Å². The highest BCUT2D eigenvalue weighted by Crippen LogP contribution is 2.49. The summed E-state index contributed by atoms with van der Waals surface area (Å²) < 4.78 is 30.2. The second-order valence-electron chi connectivity index (χ2n) is 8.14. The Morgan fingerprint density at radius 1 is 0.969 bits per heavy atom. The number of rotatable bonds is 8. The molecule has 166 valence electrons. The molecule has 1 saturated carbocycles. The third kappa shape index (κ3) is 5.00. The van der Waals surface area contributed by atoms with Crippen LogP contribution in [0.2, 0.25) is 0 Å². The summed E-state index contributed by atoms with van der Waals surface area (Å²) in [5.41, 5.74) is 4.11. The number of ether oxygens (including phenoxy) is 1. The van der Waals surface area contributed by atoms with Crippen molar-refractivity contribution in [3.05, 3.63) is 83.9 Å². The number of amides is 1. The fraction of sp³-hybridized carbons (Fsp3) is 0.240. The molecule has 0 heterocycles. The van der Waals surface area contributed by atoms with Gasteiger partial charge in [-0.2, -0.15) is 0 Å². The third-order valence-electron chi connectivity index (χ3n) is 5.77. The molecule has 2 N–H and O–H groups in total. The van der Waals surface area contributed by atoms with Crippen molar-refractivity contribution in [2.24, 2.45) is 0 Å². The zero-order valence-corrected chi connectivity index (χ0v) is 18.9. The van der Waals surface area contributed by atoms with Gasteiger partial charge in [0.2, 0.25) is 15.9 Å². The fourth-order valence-electron chi connectivity index (χ4n) is 3.74.